The van der Waals surface area contributed by atoms with Crippen molar-refractivity contribution in [2.24, 2.45) is 0 Å². The molecular formula is C100H75BN2Si. The van der Waals surface area contributed by atoms with Gasteiger partial charge in [-0.1, -0.05) is 373 Å². The molecular weight excluding hydrogens is 1270 g/mol. The average molecular weight is 1340 g/mol. The highest BCUT2D eigenvalue weighted by Crippen LogP contribution is 2.55. The smallest absolute Gasteiger partial charge is 0.252 e. The van der Waals surface area contributed by atoms with Crippen molar-refractivity contribution in [3.05, 3.63) is 406 Å². The summed E-state index contributed by atoms with van der Waals surface area (Å²) in [6.07, 6.45) is 0. The van der Waals surface area contributed by atoms with Crippen LogP contribution in [0.15, 0.2) is 400 Å². The fourth-order valence-electron chi connectivity index (χ4n) is 16.6. The van der Waals surface area contributed by atoms with Crippen LogP contribution >= 0.6 is 0 Å². The molecule has 0 saturated carbocycles. The van der Waals surface area contributed by atoms with Crippen molar-refractivity contribution in [2.75, 3.05) is 9.80 Å². The lowest BCUT2D eigenvalue weighted by atomic mass is 9.33. The number of hydrogen-bond donors (Lipinski definition) is 0. The predicted octanol–water partition coefficient (Wildman–Crippen LogP) is 21.8. The molecule has 104 heavy (non-hydrogen) atoms. The summed E-state index contributed by atoms with van der Waals surface area (Å²) in [6, 6.07) is 151. The number of benzene rings is 16. The maximum Gasteiger partial charge on any atom is 0.252 e. The Morgan fingerprint density at radius 3 is 0.817 bits per heavy atom. The Kier molecular flexibility index (Phi) is 16.3. The van der Waals surface area contributed by atoms with Gasteiger partial charge in [0.2, 0.25) is 0 Å². The molecule has 0 saturated heterocycles. The average Bonchev–Trinajstić information content (AvgIpc) is 0.688. The lowest BCUT2D eigenvalue weighted by Crippen LogP contribution is -2.74. The van der Waals surface area contributed by atoms with Crippen LogP contribution in [0.2, 0.25) is 0 Å². The molecule has 0 N–H and O–H groups in total. The van der Waals surface area contributed by atoms with E-state index >= 15 is 0 Å². The van der Waals surface area contributed by atoms with Gasteiger partial charge in [-0.15, -0.1) is 0 Å². The number of hydrogen-bond acceptors (Lipinski definition) is 2. The summed E-state index contributed by atoms with van der Waals surface area (Å²) in [4.78, 5) is 5.40. The van der Waals surface area contributed by atoms with Crippen molar-refractivity contribution >= 4 is 86.0 Å². The SMILES string of the molecule is CC(C)(C)c1cc2c3c(c1)N(c1c(-c4ccccc4)cc(-c4ccccc4)cc1-c1ccccc1)c1ccc(-c4cccc([Si](c5ccccc5)(c5ccccc5)c5ccccc5)c4)cc1B3c1cc(-c3ccccc3)ccc1N2c1c(-c2ccccc2)cc(-c2ccccc2)cc1-c1ccccc1. The number of nitrogens with zero attached hydrogens (tertiary/aromatic N) is 2. The van der Waals surface area contributed by atoms with Gasteiger partial charge in [0, 0.05) is 45.0 Å². The third kappa shape index (κ3) is 11.2. The first-order chi connectivity index (χ1) is 51.2. The molecule has 18 rings (SSSR count). The van der Waals surface area contributed by atoms with Crippen molar-refractivity contribution in [1.82, 2.24) is 0 Å². The summed E-state index contributed by atoms with van der Waals surface area (Å²) in [5.41, 5.74) is 29.8. The molecule has 0 bridgehead atoms. The third-order valence-electron chi connectivity index (χ3n) is 21.5. The van der Waals surface area contributed by atoms with Crippen molar-refractivity contribution in [3.63, 3.8) is 0 Å². The van der Waals surface area contributed by atoms with Gasteiger partial charge < -0.3 is 9.80 Å². The molecule has 4 heteroatoms. The van der Waals surface area contributed by atoms with E-state index in [9.17, 15) is 0 Å². The van der Waals surface area contributed by atoms with Gasteiger partial charge in [-0.2, -0.15) is 0 Å². The molecule has 0 spiro atoms. The van der Waals surface area contributed by atoms with E-state index in [1.54, 1.807) is 0 Å². The summed E-state index contributed by atoms with van der Waals surface area (Å²) in [5, 5.41) is 5.35. The van der Waals surface area contributed by atoms with Gasteiger partial charge in [-0.3, -0.25) is 0 Å². The molecule has 0 fully saturated rings. The van der Waals surface area contributed by atoms with Gasteiger partial charge in [0.25, 0.3) is 6.71 Å². The minimum atomic E-state index is -2.96. The molecule has 492 valence electrons. The van der Waals surface area contributed by atoms with Crippen molar-refractivity contribution in [3.8, 4) is 89.0 Å². The Morgan fingerprint density at radius 1 is 0.221 bits per heavy atom. The predicted molar refractivity (Wildman–Crippen MR) is 446 cm³/mol. The second-order valence-electron chi connectivity index (χ2n) is 28.7. The van der Waals surface area contributed by atoms with E-state index in [1.165, 1.54) is 53.8 Å². The molecule has 2 aliphatic heterocycles. The molecule has 16 aromatic rings. The number of rotatable bonds is 14. The summed E-state index contributed by atoms with van der Waals surface area (Å²) in [6.45, 7) is 6.89. The topological polar surface area (TPSA) is 6.48 Å². The number of fused-ring (bicyclic) bond motifs is 4. The van der Waals surface area contributed by atoms with Gasteiger partial charge in [0.05, 0.1) is 11.4 Å². The quantitative estimate of drug-likeness (QED) is 0.0791. The van der Waals surface area contributed by atoms with Crippen LogP contribution in [-0.2, 0) is 5.41 Å². The van der Waals surface area contributed by atoms with Crippen LogP contribution in [-0.4, -0.2) is 14.8 Å². The Labute approximate surface area is 612 Å². The zero-order valence-electron chi connectivity index (χ0n) is 58.6. The van der Waals surface area contributed by atoms with Gasteiger partial charge in [-0.25, -0.2) is 0 Å². The van der Waals surface area contributed by atoms with Gasteiger partial charge in [0.15, 0.2) is 8.07 Å². The van der Waals surface area contributed by atoms with E-state index in [0.717, 1.165) is 112 Å². The Bertz CT molecular complexity index is 5560. The van der Waals surface area contributed by atoms with Crippen LogP contribution in [0.25, 0.3) is 89.0 Å². The highest BCUT2D eigenvalue weighted by Gasteiger charge is 2.47. The van der Waals surface area contributed by atoms with Crippen LogP contribution in [0.3, 0.4) is 0 Å². The van der Waals surface area contributed by atoms with Crippen molar-refractivity contribution in [1.29, 1.82) is 0 Å². The van der Waals surface area contributed by atoms with Crippen LogP contribution in [0.1, 0.15) is 26.3 Å². The van der Waals surface area contributed by atoms with E-state index in [2.05, 4.69) is 431 Å². The third-order valence-corrected chi connectivity index (χ3v) is 26.3. The summed E-state index contributed by atoms with van der Waals surface area (Å²) in [5.74, 6) is 0. The van der Waals surface area contributed by atoms with E-state index in [1.807, 2.05) is 0 Å². The zero-order valence-corrected chi connectivity index (χ0v) is 59.6. The maximum absolute atomic E-state index is 2.96. The standard InChI is InChI=1S/C100H75BN2Si/c1-100(2,3)82-68-95-97-96(69-82)103(99-89(75-45-24-9-25-46-75)64-81(72-39-18-6-19-40-72)65-90(99)76-47-26-10-27-48-76)94-60-58-79(77-49-34-56-86(61-77)104(83-50-28-11-29-51-83,84-52-30-12-31-53-84)85-54-32-13-33-55-85)67-92(94)101(97)91-66-78(70-35-14-4-15-36-70)57-59-93(91)102(95)98-87(73-41-20-7-21-42-73)62-80(71-37-16-5-17-38-71)63-88(98)74-43-22-8-23-44-74/h4-69H,1-3H3. The molecule has 2 aliphatic rings. The van der Waals surface area contributed by atoms with Crippen LogP contribution < -0.4 is 46.9 Å². The molecule has 16 aromatic carbocycles. The highest BCUT2D eigenvalue weighted by molar-refractivity contribution is 7.20. The van der Waals surface area contributed by atoms with Gasteiger partial charge in [-0.05, 0) is 163 Å². The van der Waals surface area contributed by atoms with Gasteiger partial charge in [0.1, 0.15) is 0 Å². The summed E-state index contributed by atoms with van der Waals surface area (Å²) in [7, 11) is -2.96. The summed E-state index contributed by atoms with van der Waals surface area (Å²) >= 11 is 0. The Balaban J connectivity index is 0.995. The molecule has 2 heterocycles. The van der Waals surface area contributed by atoms with E-state index in [4.69, 9.17) is 0 Å². The Hall–Kier alpha value is -12.6. The van der Waals surface area contributed by atoms with E-state index in [0.29, 0.717) is 0 Å². The van der Waals surface area contributed by atoms with Crippen LogP contribution in [0.5, 0.6) is 0 Å². The van der Waals surface area contributed by atoms with Crippen LogP contribution in [0.4, 0.5) is 34.1 Å². The fraction of sp³-hybridized carbons (Fsp3) is 0.0400. The molecule has 2 nitrogen and oxygen atoms in total. The second-order valence-corrected chi connectivity index (χ2v) is 32.5. The first-order valence-corrected chi connectivity index (χ1v) is 38.3. The zero-order chi connectivity index (χ0) is 69.7. The normalized spacial score (nSPS) is 12.3. The Morgan fingerprint density at radius 2 is 0.490 bits per heavy atom. The largest absolute Gasteiger partial charge is 0.310 e. The molecule has 0 unspecified atom stereocenters. The monoisotopic (exact) mass is 1340 g/mol. The molecule has 0 aliphatic carbocycles. The van der Waals surface area contributed by atoms with E-state index < -0.39 is 8.07 Å². The molecule has 0 aromatic heterocycles. The molecule has 0 radical (unpaired) electrons. The lowest BCUT2D eigenvalue weighted by molar-refractivity contribution is 0.590. The first-order valence-electron chi connectivity index (χ1n) is 36.3. The minimum Gasteiger partial charge on any atom is -0.310 e. The highest BCUT2D eigenvalue weighted by atomic mass is 28.3. The molecule has 0 atom stereocenters. The van der Waals surface area contributed by atoms with Gasteiger partial charge >= 0.3 is 0 Å². The first kappa shape index (κ1) is 63.6. The second kappa shape index (κ2) is 26.7. The van der Waals surface area contributed by atoms with E-state index in [-0.39, 0.29) is 12.1 Å². The minimum absolute atomic E-state index is 0.266. The lowest BCUT2D eigenvalue weighted by Gasteiger charge is -2.46. The molecule has 0 amide bonds. The maximum atomic E-state index is 2.70. The van der Waals surface area contributed by atoms with Crippen LogP contribution in [0, 0.1) is 0 Å². The number of anilines is 6. The summed E-state index contributed by atoms with van der Waals surface area (Å²) < 4.78 is 0. The van der Waals surface area contributed by atoms with Crippen molar-refractivity contribution < 1.29 is 0 Å². The van der Waals surface area contributed by atoms with Crippen molar-refractivity contribution in [2.45, 2.75) is 26.2 Å². The fourth-order valence-corrected chi connectivity index (χ4v) is 21.4.